The molecule has 6 nitrogen and oxygen atoms in total. The first-order chi connectivity index (χ1) is 16.2. The number of aromatic nitrogens is 1. The van der Waals surface area contributed by atoms with Gasteiger partial charge in [-0.15, -0.1) is 0 Å². The molecule has 3 atom stereocenters. The van der Waals surface area contributed by atoms with Crippen molar-refractivity contribution in [1.82, 2.24) is 25.8 Å². The molecule has 33 heavy (non-hydrogen) atoms. The van der Waals surface area contributed by atoms with Gasteiger partial charge in [0.25, 0.3) is 0 Å². The van der Waals surface area contributed by atoms with Crippen LogP contribution in [0.3, 0.4) is 0 Å². The Kier molecular flexibility index (Phi) is 6.83. The number of hydrogen-bond acceptors (Lipinski definition) is 7. The van der Waals surface area contributed by atoms with Crippen molar-refractivity contribution in [3.05, 3.63) is 77.2 Å². The quantitative estimate of drug-likeness (QED) is 0.541. The topological polar surface area (TPSA) is 64.6 Å². The van der Waals surface area contributed by atoms with Crippen LogP contribution in [-0.2, 0) is 0 Å². The second-order valence-electron chi connectivity index (χ2n) is 8.82. The van der Waals surface area contributed by atoms with Crippen LogP contribution in [0, 0.1) is 11.8 Å². The molecular weight excluding hydrogens is 448 g/mol. The van der Waals surface area contributed by atoms with Crippen LogP contribution in [-0.4, -0.2) is 52.0 Å². The maximum atomic E-state index is 5.49. The fourth-order valence-corrected chi connectivity index (χ4v) is 5.76. The van der Waals surface area contributed by atoms with Gasteiger partial charge in [0.15, 0.2) is 6.29 Å². The molecule has 3 N–H and O–H groups in total. The normalized spacial score (nSPS) is 26.7. The zero-order valence-electron chi connectivity index (χ0n) is 18.8. The Hall–Kier alpha value is -2.58. The first-order valence-corrected chi connectivity index (χ1v) is 13.1. The summed E-state index contributed by atoms with van der Waals surface area (Å²) in [5, 5.41) is 10.4. The van der Waals surface area contributed by atoms with Crippen molar-refractivity contribution >= 4 is 35.2 Å². The molecule has 1 aromatic heterocycles. The summed E-state index contributed by atoms with van der Waals surface area (Å²) in [5.74, 6) is 3.99. The van der Waals surface area contributed by atoms with Gasteiger partial charge < -0.3 is 20.9 Å². The molecule has 2 aliphatic heterocycles. The summed E-state index contributed by atoms with van der Waals surface area (Å²) in [4.78, 5) is 12.0. The lowest BCUT2D eigenvalue weighted by Gasteiger charge is -2.31. The van der Waals surface area contributed by atoms with E-state index in [0.717, 1.165) is 35.2 Å². The van der Waals surface area contributed by atoms with E-state index in [1.54, 1.807) is 18.1 Å². The number of rotatable bonds is 6. The lowest BCUT2D eigenvalue weighted by Crippen LogP contribution is -2.41. The fourth-order valence-electron chi connectivity index (χ4n) is 4.57. The minimum atomic E-state index is -0.177. The van der Waals surface area contributed by atoms with Crippen molar-refractivity contribution in [2.24, 2.45) is 16.8 Å². The Labute approximate surface area is 205 Å². The smallest absolute Gasteiger partial charge is 0.193 e. The average molecular weight is 479 g/mol. The summed E-state index contributed by atoms with van der Waals surface area (Å²) in [6.07, 6.45) is 16.2. The number of hydrogen-bond donors (Lipinski definition) is 3. The van der Waals surface area contributed by atoms with Crippen LogP contribution in [0.4, 0.5) is 0 Å². The SMILES string of the molecule is C/C(=C\C1=CC=NC(NC2=CC=C(N3CCSCC3)C3CC3C2)N1)NC(=S)c1cccnc1. The molecule has 0 spiro atoms. The minimum absolute atomic E-state index is 0.177. The second-order valence-corrected chi connectivity index (χ2v) is 10.5. The number of nitrogens with one attached hydrogen (secondary N) is 3. The highest BCUT2D eigenvalue weighted by Crippen LogP contribution is 2.50. The Bertz CT molecular complexity index is 1040. The Morgan fingerprint density at radius 1 is 1.27 bits per heavy atom. The van der Waals surface area contributed by atoms with Gasteiger partial charge in [0.1, 0.15) is 4.99 Å². The van der Waals surface area contributed by atoms with E-state index in [2.05, 4.69) is 54.7 Å². The van der Waals surface area contributed by atoms with Crippen LogP contribution in [0.25, 0.3) is 0 Å². The maximum Gasteiger partial charge on any atom is 0.193 e. The van der Waals surface area contributed by atoms with E-state index in [0.29, 0.717) is 4.99 Å². The average Bonchev–Trinajstić information content (AvgIpc) is 3.60. The molecule has 0 bridgehead atoms. The molecule has 0 aromatic carbocycles. The van der Waals surface area contributed by atoms with Gasteiger partial charge in [0, 0.05) is 77.5 Å². The van der Waals surface area contributed by atoms with Gasteiger partial charge in [0.05, 0.1) is 0 Å². The van der Waals surface area contributed by atoms with Crippen LogP contribution >= 0.6 is 24.0 Å². The van der Waals surface area contributed by atoms with E-state index in [9.17, 15) is 0 Å². The molecule has 8 heteroatoms. The van der Waals surface area contributed by atoms with Crippen molar-refractivity contribution < 1.29 is 0 Å². The predicted octanol–water partition coefficient (Wildman–Crippen LogP) is 3.54. The number of nitrogens with zero attached hydrogens (tertiary/aromatic N) is 3. The van der Waals surface area contributed by atoms with Crippen LogP contribution < -0.4 is 16.0 Å². The van der Waals surface area contributed by atoms with E-state index in [1.807, 2.05) is 37.4 Å². The van der Waals surface area contributed by atoms with Crippen LogP contribution in [0.2, 0.25) is 0 Å². The zero-order valence-corrected chi connectivity index (χ0v) is 20.5. The summed E-state index contributed by atoms with van der Waals surface area (Å²) >= 11 is 7.56. The second kappa shape index (κ2) is 10.1. The van der Waals surface area contributed by atoms with E-state index in [-0.39, 0.29) is 6.29 Å². The zero-order chi connectivity index (χ0) is 22.6. The van der Waals surface area contributed by atoms with Crippen molar-refractivity contribution in [2.45, 2.75) is 26.1 Å². The molecule has 3 heterocycles. The molecule has 1 saturated heterocycles. The number of thioether (sulfide) groups is 1. The summed E-state index contributed by atoms with van der Waals surface area (Å²) in [5.41, 5.74) is 5.66. The number of aliphatic imine (C=N–C) groups is 1. The van der Waals surface area contributed by atoms with Gasteiger partial charge >= 0.3 is 0 Å². The molecular formula is C25H30N6S2. The monoisotopic (exact) mass is 478 g/mol. The fraction of sp³-hybridized carbons (Fsp3) is 0.400. The lowest BCUT2D eigenvalue weighted by molar-refractivity contribution is 0.356. The molecule has 4 aliphatic rings. The highest BCUT2D eigenvalue weighted by atomic mass is 32.2. The maximum absolute atomic E-state index is 5.49. The van der Waals surface area contributed by atoms with Gasteiger partial charge in [-0.2, -0.15) is 11.8 Å². The standard InChI is InChI=1S/C25H30N6S2/c1-17(28-24(32)18-3-2-7-26-16-18)13-21-6-8-27-25(30-21)29-20-4-5-23(22-15-19(22)14-20)31-9-11-33-12-10-31/h2-8,13,16,19,22,25,29-30H,9-12,14-15H2,1H3,(H,28,32)/b17-13+. The molecule has 0 radical (unpaired) electrons. The van der Waals surface area contributed by atoms with Crippen molar-refractivity contribution in [1.29, 1.82) is 0 Å². The summed E-state index contributed by atoms with van der Waals surface area (Å²) in [6.45, 7) is 4.37. The third kappa shape index (κ3) is 5.68. The molecule has 0 amide bonds. The number of allylic oxidation sites excluding steroid dienone is 7. The number of thiocarbonyl (C=S) groups is 1. The van der Waals surface area contributed by atoms with Crippen LogP contribution in [0.1, 0.15) is 25.3 Å². The van der Waals surface area contributed by atoms with Gasteiger partial charge in [-0.05, 0) is 62.1 Å². The van der Waals surface area contributed by atoms with E-state index < -0.39 is 0 Å². The van der Waals surface area contributed by atoms with Crippen molar-refractivity contribution in [2.75, 3.05) is 24.6 Å². The highest BCUT2D eigenvalue weighted by molar-refractivity contribution is 7.99. The Morgan fingerprint density at radius 3 is 2.97 bits per heavy atom. The summed E-state index contributed by atoms with van der Waals surface area (Å²) in [7, 11) is 0. The van der Waals surface area contributed by atoms with Gasteiger partial charge in [-0.1, -0.05) is 12.2 Å². The van der Waals surface area contributed by atoms with Crippen molar-refractivity contribution in [3.63, 3.8) is 0 Å². The molecule has 5 rings (SSSR count). The highest BCUT2D eigenvalue weighted by Gasteiger charge is 2.43. The first-order valence-electron chi connectivity index (χ1n) is 11.6. The molecule has 172 valence electrons. The van der Waals surface area contributed by atoms with E-state index in [4.69, 9.17) is 12.2 Å². The molecule has 2 fully saturated rings. The molecule has 1 saturated carbocycles. The van der Waals surface area contributed by atoms with Gasteiger partial charge in [0.2, 0.25) is 0 Å². The largest absolute Gasteiger partial charge is 0.373 e. The third-order valence-electron chi connectivity index (χ3n) is 6.34. The van der Waals surface area contributed by atoms with Gasteiger partial charge in [-0.3, -0.25) is 4.98 Å². The summed E-state index contributed by atoms with van der Waals surface area (Å²) in [6, 6.07) is 3.84. The van der Waals surface area contributed by atoms with Gasteiger partial charge in [-0.25, -0.2) is 4.99 Å². The van der Waals surface area contributed by atoms with Crippen molar-refractivity contribution in [3.8, 4) is 0 Å². The number of pyridine rings is 1. The lowest BCUT2D eigenvalue weighted by atomic mass is 10.2. The minimum Gasteiger partial charge on any atom is -0.373 e. The van der Waals surface area contributed by atoms with Crippen LogP contribution in [0.5, 0.6) is 0 Å². The predicted molar refractivity (Wildman–Crippen MR) is 141 cm³/mol. The Balaban J connectivity index is 1.19. The third-order valence-corrected chi connectivity index (χ3v) is 7.62. The molecule has 2 aliphatic carbocycles. The van der Waals surface area contributed by atoms with E-state index >= 15 is 0 Å². The molecule has 1 aromatic rings. The molecule has 3 unspecified atom stereocenters. The first kappa shape index (κ1) is 22.2. The van der Waals surface area contributed by atoms with E-state index in [1.165, 1.54) is 36.7 Å². The van der Waals surface area contributed by atoms with Crippen LogP contribution in [0.15, 0.2) is 76.6 Å². The Morgan fingerprint density at radius 2 is 2.15 bits per heavy atom. The summed E-state index contributed by atoms with van der Waals surface area (Å²) < 4.78 is 0. The number of fused-ring (bicyclic) bond motifs is 1.